The molecular formula is C8H18ClN. The van der Waals surface area contributed by atoms with Crippen LogP contribution in [0.25, 0.3) is 0 Å². The Bertz CT molecular complexity index is 77.3. The third-order valence-electron chi connectivity index (χ3n) is 1.97. The lowest BCUT2D eigenvalue weighted by atomic mass is 9.97. The summed E-state index contributed by atoms with van der Waals surface area (Å²) in [6.45, 7) is 7.12. The van der Waals surface area contributed by atoms with Gasteiger partial charge in [0.2, 0.25) is 0 Å². The second kappa shape index (κ2) is 4.97. The first-order valence-electron chi connectivity index (χ1n) is 3.99. The van der Waals surface area contributed by atoms with Gasteiger partial charge in [-0.1, -0.05) is 13.8 Å². The molecule has 1 nitrogen and oxygen atoms in total. The van der Waals surface area contributed by atoms with Gasteiger partial charge in [-0.05, 0) is 37.8 Å². The smallest absolute Gasteiger partial charge is 0.00199 e. The topological polar surface area (TPSA) is 12.0 Å². The van der Waals surface area contributed by atoms with Crippen molar-refractivity contribution in [3.63, 3.8) is 0 Å². The molecule has 0 aromatic heterocycles. The molecule has 1 atom stereocenters. The van der Waals surface area contributed by atoms with Crippen molar-refractivity contribution >= 4 is 12.4 Å². The molecule has 1 saturated heterocycles. The highest BCUT2D eigenvalue weighted by molar-refractivity contribution is 5.85. The third-order valence-corrected chi connectivity index (χ3v) is 1.97. The van der Waals surface area contributed by atoms with Crippen molar-refractivity contribution < 1.29 is 0 Å². The van der Waals surface area contributed by atoms with Gasteiger partial charge in [-0.15, -0.1) is 12.4 Å². The van der Waals surface area contributed by atoms with Gasteiger partial charge in [0.05, 0.1) is 0 Å². The van der Waals surface area contributed by atoms with Gasteiger partial charge in [0, 0.05) is 0 Å². The lowest BCUT2D eigenvalue weighted by Gasteiger charge is -2.09. The van der Waals surface area contributed by atoms with E-state index in [0.717, 1.165) is 11.8 Å². The molecule has 2 heteroatoms. The van der Waals surface area contributed by atoms with Gasteiger partial charge in [-0.2, -0.15) is 0 Å². The fourth-order valence-electron chi connectivity index (χ4n) is 1.58. The molecule has 1 heterocycles. The molecular weight excluding hydrogens is 146 g/mol. The molecule has 0 bridgehead atoms. The van der Waals surface area contributed by atoms with Crippen LogP contribution in [-0.2, 0) is 0 Å². The maximum Gasteiger partial charge on any atom is -0.00199 e. The molecule has 0 amide bonds. The van der Waals surface area contributed by atoms with Crippen LogP contribution in [0.4, 0.5) is 0 Å². The van der Waals surface area contributed by atoms with Crippen molar-refractivity contribution in [1.29, 1.82) is 0 Å². The molecule has 1 unspecified atom stereocenters. The standard InChI is InChI=1S/C8H17N.ClH/c1-7(2)5-8-3-4-9-6-8;/h7-9H,3-6H2,1-2H3;1H. The number of hydrogen-bond acceptors (Lipinski definition) is 1. The second-order valence-electron chi connectivity index (χ2n) is 3.49. The molecule has 1 fully saturated rings. The van der Waals surface area contributed by atoms with Gasteiger partial charge >= 0.3 is 0 Å². The van der Waals surface area contributed by atoms with E-state index in [4.69, 9.17) is 0 Å². The van der Waals surface area contributed by atoms with Gasteiger partial charge in [0.1, 0.15) is 0 Å². The minimum atomic E-state index is 0. The average Bonchev–Trinajstić information content (AvgIpc) is 2.15. The molecule has 1 rings (SSSR count). The van der Waals surface area contributed by atoms with Crippen molar-refractivity contribution in [2.75, 3.05) is 13.1 Å². The molecule has 0 saturated carbocycles. The zero-order valence-electron chi connectivity index (χ0n) is 6.89. The highest BCUT2D eigenvalue weighted by atomic mass is 35.5. The van der Waals surface area contributed by atoms with Crippen LogP contribution in [0.2, 0.25) is 0 Å². The van der Waals surface area contributed by atoms with E-state index in [1.807, 2.05) is 0 Å². The largest absolute Gasteiger partial charge is 0.316 e. The monoisotopic (exact) mass is 163 g/mol. The predicted molar refractivity (Wildman–Crippen MR) is 47.7 cm³/mol. The normalized spacial score (nSPS) is 24.9. The fourth-order valence-corrected chi connectivity index (χ4v) is 1.58. The molecule has 1 aliphatic rings. The average molecular weight is 164 g/mol. The van der Waals surface area contributed by atoms with E-state index in [2.05, 4.69) is 19.2 Å². The molecule has 1 N–H and O–H groups in total. The van der Waals surface area contributed by atoms with Crippen molar-refractivity contribution in [3.05, 3.63) is 0 Å². The predicted octanol–water partition coefficient (Wildman–Crippen LogP) is 2.06. The summed E-state index contributed by atoms with van der Waals surface area (Å²) in [7, 11) is 0. The van der Waals surface area contributed by atoms with E-state index in [1.54, 1.807) is 0 Å². The van der Waals surface area contributed by atoms with E-state index < -0.39 is 0 Å². The van der Waals surface area contributed by atoms with E-state index >= 15 is 0 Å². The number of hydrogen-bond donors (Lipinski definition) is 1. The number of rotatable bonds is 2. The molecule has 0 aliphatic carbocycles. The molecule has 0 spiro atoms. The summed E-state index contributed by atoms with van der Waals surface area (Å²) in [6.07, 6.45) is 2.81. The van der Waals surface area contributed by atoms with E-state index in [1.165, 1.54) is 25.9 Å². The molecule has 0 radical (unpaired) electrons. The highest BCUT2D eigenvalue weighted by Crippen LogP contribution is 2.17. The molecule has 1 aliphatic heterocycles. The molecule has 0 aromatic rings. The Morgan fingerprint density at radius 2 is 2.20 bits per heavy atom. The summed E-state index contributed by atoms with van der Waals surface area (Å²) in [5.41, 5.74) is 0. The van der Waals surface area contributed by atoms with Crippen LogP contribution in [0, 0.1) is 11.8 Å². The van der Waals surface area contributed by atoms with Crippen LogP contribution in [0.3, 0.4) is 0 Å². The maximum atomic E-state index is 3.38. The first-order valence-corrected chi connectivity index (χ1v) is 3.99. The lowest BCUT2D eigenvalue weighted by molar-refractivity contribution is 0.438. The SMILES string of the molecule is CC(C)CC1CCNC1.Cl. The highest BCUT2D eigenvalue weighted by Gasteiger charge is 2.14. The van der Waals surface area contributed by atoms with E-state index in [0.29, 0.717) is 0 Å². The Balaban J connectivity index is 0.000000810. The molecule has 10 heavy (non-hydrogen) atoms. The minimum absolute atomic E-state index is 0. The first kappa shape index (κ1) is 10.2. The van der Waals surface area contributed by atoms with Crippen LogP contribution in [0.15, 0.2) is 0 Å². The third kappa shape index (κ3) is 3.43. The Labute approximate surface area is 70.0 Å². The van der Waals surface area contributed by atoms with Crippen molar-refractivity contribution in [1.82, 2.24) is 5.32 Å². The second-order valence-corrected chi connectivity index (χ2v) is 3.49. The van der Waals surface area contributed by atoms with Gasteiger partial charge in [-0.25, -0.2) is 0 Å². The summed E-state index contributed by atoms with van der Waals surface area (Å²) in [6, 6.07) is 0. The Morgan fingerprint density at radius 1 is 1.50 bits per heavy atom. The van der Waals surface area contributed by atoms with Crippen LogP contribution >= 0.6 is 12.4 Å². The van der Waals surface area contributed by atoms with Crippen molar-refractivity contribution in [3.8, 4) is 0 Å². The maximum absolute atomic E-state index is 3.38. The quantitative estimate of drug-likeness (QED) is 0.658. The fraction of sp³-hybridized carbons (Fsp3) is 1.00. The van der Waals surface area contributed by atoms with E-state index in [9.17, 15) is 0 Å². The Morgan fingerprint density at radius 3 is 2.60 bits per heavy atom. The van der Waals surface area contributed by atoms with Crippen LogP contribution in [0.1, 0.15) is 26.7 Å². The summed E-state index contributed by atoms with van der Waals surface area (Å²) in [5.74, 6) is 1.86. The summed E-state index contributed by atoms with van der Waals surface area (Å²) >= 11 is 0. The summed E-state index contributed by atoms with van der Waals surface area (Å²) in [4.78, 5) is 0. The van der Waals surface area contributed by atoms with Gasteiger partial charge < -0.3 is 5.32 Å². The number of halogens is 1. The van der Waals surface area contributed by atoms with Crippen LogP contribution < -0.4 is 5.32 Å². The molecule has 62 valence electrons. The van der Waals surface area contributed by atoms with E-state index in [-0.39, 0.29) is 12.4 Å². The lowest BCUT2D eigenvalue weighted by Crippen LogP contribution is -2.10. The van der Waals surface area contributed by atoms with Crippen molar-refractivity contribution in [2.45, 2.75) is 26.7 Å². The van der Waals surface area contributed by atoms with Crippen molar-refractivity contribution in [2.24, 2.45) is 11.8 Å². The Kier molecular flexibility index (Phi) is 5.10. The minimum Gasteiger partial charge on any atom is -0.316 e. The van der Waals surface area contributed by atoms with Crippen LogP contribution in [-0.4, -0.2) is 13.1 Å². The van der Waals surface area contributed by atoms with Gasteiger partial charge in [-0.3, -0.25) is 0 Å². The number of nitrogens with one attached hydrogen (secondary N) is 1. The van der Waals surface area contributed by atoms with Crippen LogP contribution in [0.5, 0.6) is 0 Å². The summed E-state index contributed by atoms with van der Waals surface area (Å²) < 4.78 is 0. The zero-order chi connectivity index (χ0) is 6.69. The zero-order valence-corrected chi connectivity index (χ0v) is 7.71. The first-order chi connectivity index (χ1) is 4.29. The molecule has 0 aromatic carbocycles. The van der Waals surface area contributed by atoms with Gasteiger partial charge in [0.15, 0.2) is 0 Å². The van der Waals surface area contributed by atoms with Gasteiger partial charge in [0.25, 0.3) is 0 Å². The Hall–Kier alpha value is 0.250. The summed E-state index contributed by atoms with van der Waals surface area (Å²) in [5, 5.41) is 3.38.